The molecule has 0 N–H and O–H groups in total. The summed E-state index contributed by atoms with van der Waals surface area (Å²) in [6.45, 7) is 2.36. The molecule has 0 aliphatic carbocycles. The molecule has 4 nitrogen and oxygen atoms in total. The smallest absolute Gasteiger partial charge is 0.223 e. The first-order valence-corrected chi connectivity index (χ1v) is 10.5. The van der Waals surface area contributed by atoms with Gasteiger partial charge >= 0.3 is 0 Å². The third-order valence-electron chi connectivity index (χ3n) is 4.62. The molecule has 3 aromatic rings. The molecule has 140 valence electrons. The summed E-state index contributed by atoms with van der Waals surface area (Å²) < 4.78 is 24.8. The van der Waals surface area contributed by atoms with Crippen LogP contribution in [-0.2, 0) is 21.2 Å². The Morgan fingerprint density at radius 1 is 0.926 bits per heavy atom. The summed E-state index contributed by atoms with van der Waals surface area (Å²) >= 11 is 0. The van der Waals surface area contributed by atoms with E-state index in [-0.39, 0.29) is 23.0 Å². The zero-order valence-electron chi connectivity index (χ0n) is 15.6. The van der Waals surface area contributed by atoms with E-state index in [1.165, 1.54) is 0 Å². The van der Waals surface area contributed by atoms with E-state index in [0.717, 1.165) is 21.9 Å². The van der Waals surface area contributed by atoms with E-state index in [2.05, 4.69) is 6.07 Å². The molecule has 0 aromatic heterocycles. The molecule has 0 saturated carbocycles. The number of carbonyl (C=O) groups is 1. The molecular weight excluding hydrogens is 358 g/mol. The Balaban J connectivity index is 1.62. The number of aryl methyl sites for hydroxylation is 1. The topological polar surface area (TPSA) is 54.5 Å². The molecule has 1 amide bonds. The van der Waals surface area contributed by atoms with Crippen LogP contribution < -0.4 is 0 Å². The van der Waals surface area contributed by atoms with Gasteiger partial charge in [-0.05, 0) is 41.5 Å². The summed E-state index contributed by atoms with van der Waals surface area (Å²) in [6.07, 6.45) is -0.0275. The van der Waals surface area contributed by atoms with Crippen molar-refractivity contribution in [1.29, 1.82) is 0 Å². The van der Waals surface area contributed by atoms with Crippen LogP contribution in [0.1, 0.15) is 17.5 Å². The maximum absolute atomic E-state index is 12.4. The molecule has 3 aromatic carbocycles. The molecule has 0 fully saturated rings. The highest BCUT2D eigenvalue weighted by atomic mass is 32.2. The van der Waals surface area contributed by atoms with Crippen LogP contribution in [0.25, 0.3) is 10.8 Å². The lowest BCUT2D eigenvalue weighted by Crippen LogP contribution is -2.28. The summed E-state index contributed by atoms with van der Waals surface area (Å²) in [5, 5.41) is 2.28. The highest BCUT2D eigenvalue weighted by molar-refractivity contribution is 7.91. The molecule has 27 heavy (non-hydrogen) atoms. The minimum atomic E-state index is -3.45. The summed E-state index contributed by atoms with van der Waals surface area (Å²) in [5.74, 6) is -0.365. The normalized spacial score (nSPS) is 11.5. The molecule has 3 rings (SSSR count). The monoisotopic (exact) mass is 381 g/mol. The van der Waals surface area contributed by atoms with Gasteiger partial charge in [0.25, 0.3) is 0 Å². The predicted octanol–water partition coefficient (Wildman–Crippen LogP) is 3.97. The van der Waals surface area contributed by atoms with Crippen molar-refractivity contribution < 1.29 is 13.2 Å². The maximum atomic E-state index is 12.4. The van der Waals surface area contributed by atoms with Crippen LogP contribution in [0, 0.1) is 6.92 Å². The molecule has 0 heterocycles. The first kappa shape index (κ1) is 19.1. The molecule has 0 saturated heterocycles. The van der Waals surface area contributed by atoms with Crippen molar-refractivity contribution in [3.05, 3.63) is 77.9 Å². The standard InChI is InChI=1S/C22H23NO3S/c1-17-7-11-21(12-8-17)27(25,26)14-13-22(24)23(2)16-18-9-10-19-5-3-4-6-20(19)15-18/h3-12,15H,13-14,16H2,1-2H3. The van der Waals surface area contributed by atoms with Gasteiger partial charge in [-0.3, -0.25) is 4.79 Å². The predicted molar refractivity (Wildman–Crippen MR) is 108 cm³/mol. The fraction of sp³-hybridized carbons (Fsp3) is 0.227. The third-order valence-corrected chi connectivity index (χ3v) is 6.36. The van der Waals surface area contributed by atoms with Crippen molar-refractivity contribution in [2.45, 2.75) is 24.8 Å². The minimum Gasteiger partial charge on any atom is -0.341 e. The minimum absolute atomic E-state index is 0.0275. The molecule has 0 bridgehead atoms. The lowest BCUT2D eigenvalue weighted by Gasteiger charge is -2.17. The molecule has 0 unspecified atom stereocenters. The highest BCUT2D eigenvalue weighted by Crippen LogP contribution is 2.17. The Labute approximate surface area is 160 Å². The van der Waals surface area contributed by atoms with E-state index in [9.17, 15) is 13.2 Å². The zero-order chi connectivity index (χ0) is 19.4. The molecule has 0 radical (unpaired) electrons. The molecule has 0 aliphatic rings. The van der Waals surface area contributed by atoms with Gasteiger partial charge in [-0.25, -0.2) is 8.42 Å². The van der Waals surface area contributed by atoms with E-state index in [0.29, 0.717) is 6.54 Å². The summed E-state index contributed by atoms with van der Waals surface area (Å²) in [7, 11) is -1.75. The number of benzene rings is 3. The van der Waals surface area contributed by atoms with Crippen molar-refractivity contribution in [3.63, 3.8) is 0 Å². The average molecular weight is 381 g/mol. The van der Waals surface area contributed by atoms with Crippen molar-refractivity contribution in [2.75, 3.05) is 12.8 Å². The first-order valence-electron chi connectivity index (χ1n) is 8.86. The number of sulfone groups is 1. The van der Waals surface area contributed by atoms with Crippen LogP contribution in [0.5, 0.6) is 0 Å². The van der Waals surface area contributed by atoms with Crippen LogP contribution in [0.3, 0.4) is 0 Å². The Bertz CT molecular complexity index is 1060. The second kappa shape index (κ2) is 7.92. The Morgan fingerprint density at radius 2 is 1.59 bits per heavy atom. The van der Waals surface area contributed by atoms with Crippen molar-refractivity contribution in [2.24, 2.45) is 0 Å². The van der Waals surface area contributed by atoms with Crippen molar-refractivity contribution >= 4 is 26.5 Å². The number of amides is 1. The molecule has 0 atom stereocenters. The van der Waals surface area contributed by atoms with Gasteiger partial charge in [-0.15, -0.1) is 0 Å². The quantitative estimate of drug-likeness (QED) is 0.649. The van der Waals surface area contributed by atoms with Gasteiger partial charge in [-0.2, -0.15) is 0 Å². The van der Waals surface area contributed by atoms with Crippen LogP contribution >= 0.6 is 0 Å². The lowest BCUT2D eigenvalue weighted by atomic mass is 10.1. The number of carbonyl (C=O) groups excluding carboxylic acids is 1. The van der Waals surface area contributed by atoms with E-state index in [4.69, 9.17) is 0 Å². The van der Waals surface area contributed by atoms with Gasteiger partial charge in [0.2, 0.25) is 5.91 Å². The van der Waals surface area contributed by atoms with E-state index >= 15 is 0 Å². The average Bonchev–Trinajstić information content (AvgIpc) is 2.66. The second-order valence-corrected chi connectivity index (χ2v) is 8.92. The van der Waals surface area contributed by atoms with Gasteiger partial charge in [0, 0.05) is 20.0 Å². The van der Waals surface area contributed by atoms with Crippen LogP contribution in [-0.4, -0.2) is 32.0 Å². The molecule has 0 aliphatic heterocycles. The Morgan fingerprint density at radius 3 is 2.30 bits per heavy atom. The number of hydrogen-bond acceptors (Lipinski definition) is 3. The van der Waals surface area contributed by atoms with E-state index < -0.39 is 9.84 Å². The highest BCUT2D eigenvalue weighted by Gasteiger charge is 2.18. The molecule has 0 spiro atoms. The van der Waals surface area contributed by atoms with Crippen molar-refractivity contribution in [1.82, 2.24) is 4.90 Å². The Hall–Kier alpha value is -2.66. The first-order chi connectivity index (χ1) is 12.8. The van der Waals surface area contributed by atoms with Gasteiger partial charge in [0.05, 0.1) is 10.6 Å². The Kier molecular flexibility index (Phi) is 5.61. The van der Waals surface area contributed by atoms with Crippen LogP contribution in [0.15, 0.2) is 71.6 Å². The molecular formula is C22H23NO3S. The lowest BCUT2D eigenvalue weighted by molar-refractivity contribution is -0.130. The van der Waals surface area contributed by atoms with Crippen LogP contribution in [0.2, 0.25) is 0 Å². The summed E-state index contributed by atoms with van der Waals surface area (Å²) in [4.78, 5) is 14.2. The number of rotatable bonds is 6. The number of hydrogen-bond donors (Lipinski definition) is 0. The van der Waals surface area contributed by atoms with Gasteiger partial charge < -0.3 is 4.90 Å². The largest absolute Gasteiger partial charge is 0.341 e. The van der Waals surface area contributed by atoms with Crippen molar-refractivity contribution in [3.8, 4) is 0 Å². The van der Waals surface area contributed by atoms with E-state index in [1.807, 2.05) is 43.3 Å². The number of fused-ring (bicyclic) bond motifs is 1. The fourth-order valence-electron chi connectivity index (χ4n) is 2.98. The fourth-order valence-corrected chi connectivity index (χ4v) is 4.20. The van der Waals surface area contributed by atoms with E-state index in [1.54, 1.807) is 36.2 Å². The van der Waals surface area contributed by atoms with Gasteiger partial charge in [-0.1, -0.05) is 54.1 Å². The second-order valence-electron chi connectivity index (χ2n) is 6.81. The maximum Gasteiger partial charge on any atom is 0.223 e. The van der Waals surface area contributed by atoms with Crippen LogP contribution in [0.4, 0.5) is 0 Å². The SMILES string of the molecule is Cc1ccc(S(=O)(=O)CCC(=O)N(C)Cc2ccc3ccccc3c2)cc1. The molecule has 5 heteroatoms. The van der Waals surface area contributed by atoms with Gasteiger partial charge in [0.15, 0.2) is 9.84 Å². The van der Waals surface area contributed by atoms with Gasteiger partial charge in [0.1, 0.15) is 0 Å². The zero-order valence-corrected chi connectivity index (χ0v) is 16.4. The summed E-state index contributed by atoms with van der Waals surface area (Å²) in [5.41, 5.74) is 2.02. The number of nitrogens with zero attached hydrogens (tertiary/aromatic N) is 1. The summed E-state index contributed by atoms with van der Waals surface area (Å²) in [6, 6.07) is 20.9. The third kappa shape index (κ3) is 4.74.